The summed E-state index contributed by atoms with van der Waals surface area (Å²) < 4.78 is 61.9. The monoisotopic (exact) mass is 408 g/mol. The second-order valence-electron chi connectivity index (χ2n) is 3.05. The molecule has 17 heteroatoms. The molecule has 0 saturated carbocycles. The van der Waals surface area contributed by atoms with Crippen molar-refractivity contribution in [3.63, 3.8) is 0 Å². The highest BCUT2D eigenvalue weighted by molar-refractivity contribution is 6.62. The molecular formula is C7H19F3O12Si2. The summed E-state index contributed by atoms with van der Waals surface area (Å²) in [6.07, 6.45) is 0. The molecular weight excluding hydrogens is 389 g/mol. The zero-order valence-corrected chi connectivity index (χ0v) is 14.2. The van der Waals surface area contributed by atoms with Crippen LogP contribution in [0.15, 0.2) is 0 Å². The van der Waals surface area contributed by atoms with Crippen molar-refractivity contribution in [2.24, 2.45) is 0 Å². The molecule has 0 fully saturated rings. The van der Waals surface area contributed by atoms with E-state index in [9.17, 15) is 13.2 Å². The molecule has 6 N–H and O–H groups in total. The highest BCUT2D eigenvalue weighted by atomic mass is 28.4. The Morgan fingerprint density at radius 3 is 1.08 bits per heavy atom. The first kappa shape index (κ1) is 26.0. The second kappa shape index (κ2) is 15.0. The number of aliphatic hydroxyl groups is 6. The van der Waals surface area contributed by atoms with Gasteiger partial charge in [-0.2, -0.15) is 13.2 Å². The summed E-state index contributed by atoms with van der Waals surface area (Å²) in [6.45, 7) is -5.53. The Labute approximate surface area is 136 Å². The van der Waals surface area contributed by atoms with Gasteiger partial charge in [0.2, 0.25) is 0 Å². The number of alkyl halides is 3. The van der Waals surface area contributed by atoms with Gasteiger partial charge in [-0.3, -0.25) is 0 Å². The fourth-order valence-corrected chi connectivity index (χ4v) is 2.86. The van der Waals surface area contributed by atoms with Crippen molar-refractivity contribution >= 4 is 18.3 Å². The van der Waals surface area contributed by atoms with Crippen molar-refractivity contribution in [1.29, 1.82) is 0 Å². The van der Waals surface area contributed by atoms with Crippen LogP contribution in [0.4, 0.5) is 13.2 Å². The Kier molecular flexibility index (Phi) is 16.3. The number of rotatable bonds is 12. The molecule has 0 radical (unpaired) electrons. The van der Waals surface area contributed by atoms with Gasteiger partial charge in [-0.15, -0.1) is 0 Å². The Morgan fingerprint density at radius 1 is 0.625 bits per heavy atom. The molecule has 0 amide bonds. The largest absolute Gasteiger partial charge is 0.621 e. The first-order valence-electron chi connectivity index (χ1n) is 5.77. The third-order valence-electron chi connectivity index (χ3n) is 1.74. The van der Waals surface area contributed by atoms with Crippen LogP contribution >= 0.6 is 0 Å². The van der Waals surface area contributed by atoms with Gasteiger partial charge in [0.15, 0.2) is 0 Å². The van der Waals surface area contributed by atoms with Crippen LogP contribution in [0.5, 0.6) is 0 Å². The maximum atomic E-state index is 12.3. The lowest BCUT2D eigenvalue weighted by Crippen LogP contribution is -2.59. The SMILES string of the molecule is OCO[SiH](OCO)OCO.OCO[Si](OCO)(OCO)C(F)(F)F. The van der Waals surface area contributed by atoms with Crippen LogP contribution in [-0.4, -0.2) is 95.5 Å². The van der Waals surface area contributed by atoms with Gasteiger partial charge in [0.25, 0.3) is 0 Å². The van der Waals surface area contributed by atoms with Gasteiger partial charge in [0.1, 0.15) is 40.8 Å². The molecule has 148 valence electrons. The molecule has 0 heterocycles. The summed E-state index contributed by atoms with van der Waals surface area (Å²) in [5, 5.41) is 49.2. The highest BCUT2D eigenvalue weighted by Gasteiger charge is 2.67. The number of aliphatic hydroxyl groups excluding tert-OH is 6. The van der Waals surface area contributed by atoms with Crippen molar-refractivity contribution < 1.29 is 70.4 Å². The lowest BCUT2D eigenvalue weighted by molar-refractivity contribution is -0.168. The molecule has 0 aliphatic heterocycles. The van der Waals surface area contributed by atoms with Gasteiger partial charge in [0.05, 0.1) is 0 Å². The molecule has 0 rings (SSSR count). The molecule has 0 saturated heterocycles. The van der Waals surface area contributed by atoms with Gasteiger partial charge in [-0.05, 0) is 0 Å². The summed E-state index contributed by atoms with van der Waals surface area (Å²) in [6, 6.07) is 0. The Hall–Kier alpha value is -0.256. The van der Waals surface area contributed by atoms with E-state index in [0.717, 1.165) is 0 Å². The molecule has 24 heavy (non-hydrogen) atoms. The van der Waals surface area contributed by atoms with Gasteiger partial charge in [-0.1, -0.05) is 0 Å². The quantitative estimate of drug-likeness (QED) is 0.139. The van der Waals surface area contributed by atoms with Gasteiger partial charge in [0, 0.05) is 0 Å². The van der Waals surface area contributed by atoms with E-state index in [-0.39, 0.29) is 0 Å². The molecule has 0 unspecified atom stereocenters. The fourth-order valence-electron chi connectivity index (χ4n) is 0.952. The predicted molar refractivity (Wildman–Crippen MR) is 68.0 cm³/mol. The van der Waals surface area contributed by atoms with Crippen LogP contribution in [0, 0.1) is 0 Å². The lowest BCUT2D eigenvalue weighted by atomic mass is 11.5. The smallest absolute Gasteiger partial charge is 0.372 e. The number of halogens is 3. The van der Waals surface area contributed by atoms with E-state index >= 15 is 0 Å². The Bertz CT molecular complexity index is 255. The molecule has 0 aromatic carbocycles. The average molecular weight is 408 g/mol. The van der Waals surface area contributed by atoms with E-state index in [4.69, 9.17) is 30.6 Å². The molecule has 0 aromatic heterocycles. The normalized spacial score (nSPS) is 12.2. The third kappa shape index (κ3) is 10.6. The van der Waals surface area contributed by atoms with Crippen LogP contribution in [0.1, 0.15) is 0 Å². The predicted octanol–water partition coefficient (Wildman–Crippen LogP) is -3.47. The minimum absolute atomic E-state index is 0.545. The van der Waals surface area contributed by atoms with Crippen LogP contribution in [0.3, 0.4) is 0 Å². The van der Waals surface area contributed by atoms with Gasteiger partial charge < -0.3 is 57.2 Å². The van der Waals surface area contributed by atoms with Crippen LogP contribution in [0.25, 0.3) is 0 Å². The zero-order valence-electron chi connectivity index (χ0n) is 12.1. The minimum atomic E-state index is -5.25. The lowest BCUT2D eigenvalue weighted by Gasteiger charge is -2.28. The summed E-state index contributed by atoms with van der Waals surface area (Å²) in [5.41, 5.74) is 0. The Morgan fingerprint density at radius 2 is 0.917 bits per heavy atom. The van der Waals surface area contributed by atoms with Gasteiger partial charge in [-0.25, -0.2) is 0 Å². The van der Waals surface area contributed by atoms with E-state index in [1.165, 1.54) is 0 Å². The van der Waals surface area contributed by atoms with E-state index in [1.807, 2.05) is 0 Å². The van der Waals surface area contributed by atoms with E-state index < -0.39 is 64.9 Å². The topological polar surface area (TPSA) is 177 Å². The molecule has 0 aliphatic rings. The second-order valence-corrected chi connectivity index (χ2v) is 7.17. The zero-order chi connectivity index (χ0) is 19.1. The maximum Gasteiger partial charge on any atom is 0.621 e. The summed E-state index contributed by atoms with van der Waals surface area (Å²) in [5.74, 6) is -5.04. The van der Waals surface area contributed by atoms with E-state index in [2.05, 4.69) is 26.6 Å². The number of hydrogen-bond acceptors (Lipinski definition) is 12. The third-order valence-corrected chi connectivity index (χ3v) is 5.23. The summed E-state index contributed by atoms with van der Waals surface area (Å²) >= 11 is 0. The number of hydrogen-bond donors (Lipinski definition) is 6. The van der Waals surface area contributed by atoms with Gasteiger partial charge >= 0.3 is 24.1 Å². The summed E-state index contributed by atoms with van der Waals surface area (Å²) in [7, 11) is -7.73. The van der Waals surface area contributed by atoms with Crippen molar-refractivity contribution in [3.8, 4) is 0 Å². The molecule has 0 bridgehead atoms. The maximum absolute atomic E-state index is 12.3. The van der Waals surface area contributed by atoms with Crippen LogP contribution in [-0.2, 0) is 26.6 Å². The molecule has 12 nitrogen and oxygen atoms in total. The fraction of sp³-hybridized carbons (Fsp3) is 1.00. The summed E-state index contributed by atoms with van der Waals surface area (Å²) in [4.78, 5) is 0. The average Bonchev–Trinajstić information content (AvgIpc) is 2.48. The van der Waals surface area contributed by atoms with Crippen molar-refractivity contribution in [3.05, 3.63) is 0 Å². The Balaban J connectivity index is 0. The van der Waals surface area contributed by atoms with Crippen LogP contribution < -0.4 is 0 Å². The first-order valence-corrected chi connectivity index (χ1v) is 8.90. The van der Waals surface area contributed by atoms with E-state index in [1.54, 1.807) is 0 Å². The standard InChI is InChI=1S/C4H9F3O6Si.C3H10O6Si/c5-4(6,7)14(11-1-8,12-2-9)13-3-10;4-1-7-10(8-2-5)9-3-6/h8-10H,1-3H2;4-6,10H,1-3H2. The molecule has 0 aliphatic carbocycles. The van der Waals surface area contributed by atoms with Crippen molar-refractivity contribution in [1.82, 2.24) is 0 Å². The minimum Gasteiger partial charge on any atom is -0.372 e. The molecule has 0 spiro atoms. The molecule has 0 atom stereocenters. The van der Waals surface area contributed by atoms with Crippen molar-refractivity contribution in [2.75, 3.05) is 40.8 Å². The highest BCUT2D eigenvalue weighted by Crippen LogP contribution is 2.31. The van der Waals surface area contributed by atoms with Crippen LogP contribution in [0.2, 0.25) is 0 Å². The van der Waals surface area contributed by atoms with E-state index in [0.29, 0.717) is 0 Å². The first-order chi connectivity index (χ1) is 11.3. The van der Waals surface area contributed by atoms with Crippen molar-refractivity contribution in [2.45, 2.75) is 5.80 Å². The molecule has 0 aromatic rings.